The number of rotatable bonds is 6. The number of halogens is 1. The summed E-state index contributed by atoms with van der Waals surface area (Å²) in [5.41, 5.74) is 11.1. The van der Waals surface area contributed by atoms with Gasteiger partial charge in [-0.1, -0.05) is 100 Å². The summed E-state index contributed by atoms with van der Waals surface area (Å²) in [6.45, 7) is 0. The number of hydrogen-bond acceptors (Lipinski definition) is 7. The summed E-state index contributed by atoms with van der Waals surface area (Å²) in [6.07, 6.45) is 0.884. The van der Waals surface area contributed by atoms with E-state index in [4.69, 9.17) is 10.7 Å². The van der Waals surface area contributed by atoms with Crippen LogP contribution in [0.2, 0.25) is 0 Å². The second-order valence-electron chi connectivity index (χ2n) is 8.77. The minimum atomic E-state index is 0.0384. The number of benzene rings is 3. The van der Waals surface area contributed by atoms with E-state index in [9.17, 15) is 4.79 Å². The average molecular weight is 605 g/mol. The van der Waals surface area contributed by atoms with Gasteiger partial charge in [0, 0.05) is 20.2 Å². The van der Waals surface area contributed by atoms with E-state index in [0.29, 0.717) is 21.8 Å². The topological polar surface area (TPSA) is 68.9 Å². The first kappa shape index (κ1) is 24.7. The van der Waals surface area contributed by atoms with Gasteiger partial charge < -0.3 is 5.73 Å². The Bertz CT molecular complexity index is 1570. The third-order valence-electron chi connectivity index (χ3n) is 6.39. The van der Waals surface area contributed by atoms with E-state index in [1.165, 1.54) is 33.3 Å². The second kappa shape index (κ2) is 10.6. The van der Waals surface area contributed by atoms with Crippen LogP contribution in [0, 0.1) is 0 Å². The lowest BCUT2D eigenvalue weighted by Gasteiger charge is -2.30. The number of carbonyl (C=O) groups is 1. The van der Waals surface area contributed by atoms with E-state index in [1.54, 1.807) is 11.3 Å². The van der Waals surface area contributed by atoms with Crippen LogP contribution in [0.1, 0.15) is 42.4 Å². The number of nitrogen functional groups attached to an aromatic ring is 1. The Balaban J connectivity index is 1.35. The van der Waals surface area contributed by atoms with Crippen molar-refractivity contribution < 1.29 is 4.79 Å². The Labute approximate surface area is 236 Å². The highest BCUT2D eigenvalue weighted by Gasteiger charge is 2.34. The Morgan fingerprint density at radius 2 is 1.62 bits per heavy atom. The summed E-state index contributed by atoms with van der Waals surface area (Å²) < 4.78 is 0.946. The number of thiophene rings is 1. The maximum absolute atomic E-state index is 12.7. The van der Waals surface area contributed by atoms with Crippen molar-refractivity contribution in [1.82, 2.24) is 9.97 Å². The van der Waals surface area contributed by atoms with Crippen molar-refractivity contribution in [2.75, 3.05) is 11.5 Å². The molecule has 1 aliphatic heterocycles. The first-order valence-corrected chi connectivity index (χ1v) is 15.4. The van der Waals surface area contributed by atoms with Crippen molar-refractivity contribution in [2.45, 2.75) is 22.1 Å². The van der Waals surface area contributed by atoms with Crippen molar-refractivity contribution in [2.24, 2.45) is 0 Å². The summed E-state index contributed by atoms with van der Waals surface area (Å²) in [6, 6.07) is 28.7. The molecule has 1 aliphatic rings. The number of aromatic nitrogens is 2. The summed E-state index contributed by atoms with van der Waals surface area (Å²) in [7, 11) is 0. The highest BCUT2D eigenvalue weighted by atomic mass is 79.9. The number of carbonyl (C=O) groups excluding carboxylic acids is 1. The number of nitrogens with zero attached hydrogens (tertiary/aromatic N) is 2. The number of anilines is 1. The molecule has 6 rings (SSSR count). The molecule has 5 aromatic rings. The van der Waals surface area contributed by atoms with Crippen LogP contribution >= 0.6 is 50.8 Å². The van der Waals surface area contributed by atoms with Gasteiger partial charge in [0.05, 0.1) is 16.4 Å². The van der Waals surface area contributed by atoms with Crippen molar-refractivity contribution >= 4 is 72.6 Å². The Hall–Kier alpha value is -2.65. The second-order valence-corrected chi connectivity index (χ2v) is 13.0. The molecular formula is C29H22BrN3OS3. The number of fused-ring (bicyclic) bond motifs is 3. The van der Waals surface area contributed by atoms with Crippen molar-refractivity contribution in [3.8, 4) is 0 Å². The first-order valence-electron chi connectivity index (χ1n) is 11.8. The van der Waals surface area contributed by atoms with E-state index in [1.807, 2.05) is 36.0 Å². The first-order chi connectivity index (χ1) is 18.1. The van der Waals surface area contributed by atoms with Gasteiger partial charge in [-0.05, 0) is 35.2 Å². The summed E-state index contributed by atoms with van der Waals surface area (Å²) >= 11 is 8.44. The van der Waals surface area contributed by atoms with Gasteiger partial charge in [0.1, 0.15) is 10.6 Å². The van der Waals surface area contributed by atoms with Crippen LogP contribution in [0.25, 0.3) is 10.2 Å². The summed E-state index contributed by atoms with van der Waals surface area (Å²) in [4.78, 5) is 24.4. The number of thioether (sulfide) groups is 2. The van der Waals surface area contributed by atoms with Gasteiger partial charge in [-0.2, -0.15) is 0 Å². The van der Waals surface area contributed by atoms with Gasteiger partial charge in [-0.25, -0.2) is 9.97 Å². The van der Waals surface area contributed by atoms with Gasteiger partial charge in [0.2, 0.25) is 0 Å². The smallest absolute Gasteiger partial charge is 0.191 e. The molecule has 2 aromatic heterocycles. The molecule has 4 nitrogen and oxygen atoms in total. The zero-order chi connectivity index (χ0) is 25.4. The average Bonchev–Trinajstić information content (AvgIpc) is 3.31. The fraction of sp³-hybridized carbons (Fsp3) is 0.138. The van der Waals surface area contributed by atoms with Crippen molar-refractivity contribution in [3.05, 3.63) is 117 Å². The van der Waals surface area contributed by atoms with Gasteiger partial charge in [0.15, 0.2) is 10.9 Å². The molecule has 0 fully saturated rings. The number of ketones is 1. The molecule has 0 spiro atoms. The highest BCUT2D eigenvalue weighted by Crippen LogP contribution is 2.55. The van der Waals surface area contributed by atoms with Crippen LogP contribution in [-0.4, -0.2) is 21.5 Å². The molecule has 3 aromatic carbocycles. The molecule has 0 radical (unpaired) electrons. The van der Waals surface area contributed by atoms with Crippen LogP contribution in [0.3, 0.4) is 0 Å². The van der Waals surface area contributed by atoms with Gasteiger partial charge >= 0.3 is 0 Å². The van der Waals surface area contributed by atoms with E-state index < -0.39 is 0 Å². The Kier molecular flexibility index (Phi) is 7.08. The van der Waals surface area contributed by atoms with Crippen LogP contribution in [-0.2, 0) is 6.42 Å². The highest BCUT2D eigenvalue weighted by molar-refractivity contribution is 9.10. The molecule has 0 saturated heterocycles. The van der Waals surface area contributed by atoms with Gasteiger partial charge in [0.25, 0.3) is 0 Å². The monoisotopic (exact) mass is 603 g/mol. The molecule has 2 atom stereocenters. The third-order valence-corrected chi connectivity index (χ3v) is 10.7. The molecule has 2 N–H and O–H groups in total. The van der Waals surface area contributed by atoms with E-state index >= 15 is 0 Å². The van der Waals surface area contributed by atoms with Gasteiger partial charge in [-0.3, -0.25) is 4.79 Å². The molecular weight excluding hydrogens is 582 g/mol. The van der Waals surface area contributed by atoms with E-state index in [2.05, 4.69) is 81.6 Å². The Morgan fingerprint density at radius 3 is 2.32 bits per heavy atom. The fourth-order valence-electron chi connectivity index (χ4n) is 4.59. The lowest BCUT2D eigenvalue weighted by atomic mass is 9.98. The zero-order valence-corrected chi connectivity index (χ0v) is 23.7. The van der Waals surface area contributed by atoms with Crippen LogP contribution < -0.4 is 5.73 Å². The van der Waals surface area contributed by atoms with Crippen LogP contribution in [0.5, 0.6) is 0 Å². The van der Waals surface area contributed by atoms with Crippen LogP contribution in [0.4, 0.5) is 5.82 Å². The van der Waals surface area contributed by atoms with Gasteiger partial charge in [-0.15, -0.1) is 23.1 Å². The summed E-state index contributed by atoms with van der Waals surface area (Å²) in [5.74, 6) is 0.791. The maximum atomic E-state index is 12.7. The molecule has 0 amide bonds. The lowest BCUT2D eigenvalue weighted by molar-refractivity contribution is 0.102. The Morgan fingerprint density at radius 1 is 0.946 bits per heavy atom. The molecule has 3 heterocycles. The number of hydrogen-bond donors (Lipinski definition) is 1. The fourth-order valence-corrected chi connectivity index (χ4v) is 8.68. The van der Waals surface area contributed by atoms with E-state index in [-0.39, 0.29) is 16.8 Å². The number of nitrogens with two attached hydrogens (primary N) is 1. The predicted octanol–water partition coefficient (Wildman–Crippen LogP) is 8.13. The summed E-state index contributed by atoms with van der Waals surface area (Å²) in [5, 5.41) is 2.01. The quantitative estimate of drug-likeness (QED) is 0.120. The molecule has 0 saturated carbocycles. The standard InChI is InChI=1S/C29H22BrN3OS3/c30-20-13-11-17(12-14-20)22(34)16-35-29-32-27(31)24-21-15-23(18-7-3-1-4-8-18)36-25(19-9-5-2-6-10-19)26(21)37-28(24)33-29/h1-14,23,25H,15-16H2,(H2,31,32,33)/t23-,25-/m0/s1. The van der Waals surface area contributed by atoms with E-state index in [0.717, 1.165) is 21.1 Å². The largest absolute Gasteiger partial charge is 0.383 e. The zero-order valence-electron chi connectivity index (χ0n) is 19.6. The molecule has 8 heteroatoms. The SMILES string of the molecule is Nc1nc(SCC(=O)c2ccc(Br)cc2)nc2sc3c(c12)C[C@@H](c1ccccc1)S[C@H]3c1ccccc1. The third kappa shape index (κ3) is 5.08. The molecule has 37 heavy (non-hydrogen) atoms. The van der Waals surface area contributed by atoms with Crippen LogP contribution in [0.15, 0.2) is 94.6 Å². The minimum absolute atomic E-state index is 0.0384. The van der Waals surface area contributed by atoms with Crippen molar-refractivity contribution in [3.63, 3.8) is 0 Å². The minimum Gasteiger partial charge on any atom is -0.383 e. The predicted molar refractivity (Wildman–Crippen MR) is 160 cm³/mol. The molecule has 0 aliphatic carbocycles. The lowest BCUT2D eigenvalue weighted by Crippen LogP contribution is -2.12. The molecule has 184 valence electrons. The number of Topliss-reactive ketones (excluding diaryl/α,β-unsaturated/α-hetero) is 1. The normalized spacial score (nSPS) is 17.0. The van der Waals surface area contributed by atoms with Crippen molar-refractivity contribution in [1.29, 1.82) is 0 Å². The maximum Gasteiger partial charge on any atom is 0.191 e. The molecule has 0 bridgehead atoms. The molecule has 0 unspecified atom stereocenters.